The van der Waals surface area contributed by atoms with Gasteiger partial charge in [0.1, 0.15) is 17.5 Å². The van der Waals surface area contributed by atoms with Gasteiger partial charge in [-0.25, -0.2) is 4.98 Å². The van der Waals surface area contributed by atoms with Gasteiger partial charge in [0.05, 0.1) is 6.20 Å². The quantitative estimate of drug-likeness (QED) is 0.378. The second-order valence-corrected chi connectivity index (χ2v) is 10.8. The Morgan fingerprint density at radius 1 is 1.15 bits per heavy atom. The fourth-order valence-corrected chi connectivity index (χ4v) is 7.06. The van der Waals surface area contributed by atoms with Gasteiger partial charge in [0.15, 0.2) is 0 Å². The number of nitrogens with zero attached hydrogens (tertiary/aromatic N) is 3. The van der Waals surface area contributed by atoms with Crippen molar-refractivity contribution < 1.29 is 5.11 Å². The summed E-state index contributed by atoms with van der Waals surface area (Å²) in [5.41, 5.74) is 1.72. The number of anilines is 2. The van der Waals surface area contributed by atoms with Crippen molar-refractivity contribution in [3.63, 3.8) is 0 Å². The highest BCUT2D eigenvalue weighted by molar-refractivity contribution is 6.31. The minimum Gasteiger partial charge on any atom is -0.396 e. The Morgan fingerprint density at radius 2 is 1.94 bits per heavy atom. The van der Waals surface area contributed by atoms with E-state index in [2.05, 4.69) is 32.0 Å². The molecule has 4 fully saturated rings. The first-order chi connectivity index (χ1) is 16.6. The molecule has 0 saturated heterocycles. The largest absolute Gasteiger partial charge is 0.396 e. The molecule has 2 aromatic rings. The number of hydrogen-bond donors (Lipinski definition) is 4. The van der Waals surface area contributed by atoms with Crippen LogP contribution in [0, 0.1) is 34.5 Å². The Hall–Kier alpha value is -2.40. The van der Waals surface area contributed by atoms with Gasteiger partial charge in [0, 0.05) is 30.8 Å². The van der Waals surface area contributed by atoms with E-state index in [1.54, 1.807) is 6.20 Å². The number of hydrogen-bond acceptors (Lipinski definition) is 7. The van der Waals surface area contributed by atoms with Crippen LogP contribution in [-0.4, -0.2) is 40.8 Å². The smallest absolute Gasteiger partial charge is 0.224 e. The van der Waals surface area contributed by atoms with E-state index >= 15 is 0 Å². The van der Waals surface area contributed by atoms with Gasteiger partial charge in [-0.3, -0.25) is 0 Å². The van der Waals surface area contributed by atoms with Gasteiger partial charge in [-0.15, -0.1) is 0 Å². The molecule has 0 radical (unpaired) electrons. The molecule has 7 nitrogen and oxygen atoms in total. The molecule has 1 unspecified atom stereocenters. The Bertz CT molecular complexity index is 1040. The van der Waals surface area contributed by atoms with Crippen LogP contribution in [0.25, 0.3) is 0 Å². The third-order valence-electron chi connectivity index (χ3n) is 8.05. The number of aromatic nitrogens is 2. The average molecular weight is 481 g/mol. The predicted octanol–water partition coefficient (Wildman–Crippen LogP) is 4.19. The monoisotopic (exact) mass is 480 g/mol. The van der Waals surface area contributed by atoms with E-state index in [1.807, 2.05) is 24.3 Å². The molecular weight excluding hydrogens is 448 g/mol. The van der Waals surface area contributed by atoms with E-state index in [4.69, 9.17) is 16.7 Å². The van der Waals surface area contributed by atoms with E-state index < -0.39 is 0 Å². The van der Waals surface area contributed by atoms with Gasteiger partial charge < -0.3 is 21.1 Å². The predicted molar refractivity (Wildman–Crippen MR) is 133 cm³/mol. The van der Waals surface area contributed by atoms with Crippen LogP contribution >= 0.6 is 11.6 Å². The van der Waals surface area contributed by atoms with Crippen molar-refractivity contribution in [3.05, 3.63) is 46.6 Å². The van der Waals surface area contributed by atoms with E-state index in [1.165, 1.54) is 32.1 Å². The lowest BCUT2D eigenvalue weighted by molar-refractivity contribution is -0.0694. The van der Waals surface area contributed by atoms with E-state index in [0.717, 1.165) is 31.0 Å². The number of halogens is 1. The first-order valence-electron chi connectivity index (χ1n) is 12.4. The summed E-state index contributed by atoms with van der Waals surface area (Å²) >= 11 is 6.26. The molecule has 4 aliphatic rings. The maximum absolute atomic E-state index is 9.62. The van der Waals surface area contributed by atoms with Crippen LogP contribution in [0.1, 0.15) is 49.7 Å². The van der Waals surface area contributed by atoms with Gasteiger partial charge >= 0.3 is 0 Å². The number of aliphatic hydroxyl groups excluding tert-OH is 1. The fraction of sp³-hybridized carbons (Fsp3) is 0.577. The van der Waals surface area contributed by atoms with Crippen molar-refractivity contribution in [2.24, 2.45) is 23.2 Å². The number of aliphatic hydroxyl groups is 1. The molecule has 1 aromatic heterocycles. The summed E-state index contributed by atoms with van der Waals surface area (Å²) in [6, 6.07) is 10.5. The maximum atomic E-state index is 9.62. The zero-order valence-corrected chi connectivity index (χ0v) is 20.2. The molecule has 0 amide bonds. The molecule has 6 rings (SSSR count). The molecule has 4 aliphatic carbocycles. The van der Waals surface area contributed by atoms with Crippen LogP contribution in [0.15, 0.2) is 30.5 Å². The second kappa shape index (κ2) is 10.1. The minimum atomic E-state index is 0.251. The van der Waals surface area contributed by atoms with E-state index in [9.17, 15) is 5.26 Å². The van der Waals surface area contributed by atoms with Crippen LogP contribution in [-0.2, 0) is 6.54 Å². The summed E-state index contributed by atoms with van der Waals surface area (Å²) in [6.07, 6.45) is 8.75. The minimum absolute atomic E-state index is 0.251. The molecule has 8 heteroatoms. The van der Waals surface area contributed by atoms with Crippen molar-refractivity contribution in [1.82, 2.24) is 15.3 Å². The van der Waals surface area contributed by atoms with Crippen molar-refractivity contribution in [1.29, 1.82) is 5.26 Å². The number of benzene rings is 1. The molecule has 0 aliphatic heterocycles. The number of rotatable bonds is 10. The van der Waals surface area contributed by atoms with Gasteiger partial charge in [0.25, 0.3) is 0 Å². The molecule has 4 N–H and O–H groups in total. The van der Waals surface area contributed by atoms with E-state index in [0.29, 0.717) is 46.8 Å². The zero-order valence-electron chi connectivity index (χ0n) is 19.4. The molecule has 34 heavy (non-hydrogen) atoms. The lowest BCUT2D eigenvalue weighted by Crippen LogP contribution is -2.59. The zero-order chi connectivity index (χ0) is 23.5. The summed E-state index contributed by atoms with van der Waals surface area (Å²) in [5.74, 6) is 3.32. The standard InChI is InChI=1S/C26H33ClN6O/c27-22-5-2-1-4-18(22)14-30-25-31-15-21(13-28)24(33-25)32-16-26-10-17-8-19(11-26)23(20(9-17)12-26)29-6-3-7-34/h1-2,4-5,15,17,19-20,23,29,34H,3,6-12,14,16H2,(H2,30,31,32,33)/t17?,19-,20+,23-,26+. The summed E-state index contributed by atoms with van der Waals surface area (Å²) in [4.78, 5) is 8.96. The van der Waals surface area contributed by atoms with Crippen LogP contribution in [0.4, 0.5) is 11.8 Å². The van der Waals surface area contributed by atoms with Gasteiger partial charge in [-0.2, -0.15) is 10.2 Å². The Morgan fingerprint density at radius 3 is 2.68 bits per heavy atom. The lowest BCUT2D eigenvalue weighted by atomic mass is 9.48. The van der Waals surface area contributed by atoms with Crippen molar-refractivity contribution in [2.75, 3.05) is 30.3 Å². The summed E-state index contributed by atoms with van der Waals surface area (Å²) < 4.78 is 0. The topological polar surface area (TPSA) is 106 Å². The van der Waals surface area contributed by atoms with Crippen LogP contribution in [0.2, 0.25) is 5.02 Å². The first kappa shape index (κ1) is 23.3. The number of nitrogens with one attached hydrogen (secondary N) is 3. The molecular formula is C26H33ClN6O. The third-order valence-corrected chi connectivity index (χ3v) is 8.42. The van der Waals surface area contributed by atoms with E-state index in [-0.39, 0.29) is 12.0 Å². The number of nitriles is 1. The molecule has 0 spiro atoms. The first-order valence-corrected chi connectivity index (χ1v) is 12.8. The normalized spacial score (nSPS) is 29.1. The van der Waals surface area contributed by atoms with Crippen molar-refractivity contribution >= 4 is 23.4 Å². The van der Waals surface area contributed by atoms with Crippen LogP contribution in [0.3, 0.4) is 0 Å². The van der Waals surface area contributed by atoms with Crippen LogP contribution < -0.4 is 16.0 Å². The molecule has 1 aromatic carbocycles. The Labute approximate surface area is 206 Å². The Kier molecular flexibility index (Phi) is 6.91. The molecule has 4 bridgehead atoms. The molecule has 5 atom stereocenters. The van der Waals surface area contributed by atoms with Crippen LogP contribution in [0.5, 0.6) is 0 Å². The third kappa shape index (κ3) is 4.86. The van der Waals surface area contributed by atoms with Crippen molar-refractivity contribution in [2.45, 2.75) is 51.1 Å². The molecule has 4 saturated carbocycles. The molecule has 1 heterocycles. The van der Waals surface area contributed by atoms with Crippen molar-refractivity contribution in [3.8, 4) is 6.07 Å². The Balaban J connectivity index is 1.25. The van der Waals surface area contributed by atoms with Gasteiger partial charge in [0.2, 0.25) is 5.95 Å². The highest BCUT2D eigenvalue weighted by Crippen LogP contribution is 2.60. The summed E-state index contributed by atoms with van der Waals surface area (Å²) in [6.45, 7) is 2.52. The molecule has 180 valence electrons. The summed E-state index contributed by atoms with van der Waals surface area (Å²) in [7, 11) is 0. The fourth-order valence-electron chi connectivity index (χ4n) is 6.86. The van der Waals surface area contributed by atoms with Gasteiger partial charge in [-0.1, -0.05) is 29.8 Å². The highest BCUT2D eigenvalue weighted by Gasteiger charge is 2.54. The highest BCUT2D eigenvalue weighted by atomic mass is 35.5. The SMILES string of the molecule is N#Cc1cnc(NCc2ccccc2Cl)nc1NC[C@@]12CC3C[C@H](C1)[C@@H](NCCCO)[C@@H](C3)C2. The maximum Gasteiger partial charge on any atom is 0.224 e. The second-order valence-electron chi connectivity index (χ2n) is 10.4. The summed E-state index contributed by atoms with van der Waals surface area (Å²) in [5, 5.41) is 30.0. The van der Waals surface area contributed by atoms with Gasteiger partial charge in [-0.05, 0) is 79.9 Å². The lowest BCUT2D eigenvalue weighted by Gasteiger charge is -2.60. The average Bonchev–Trinajstić information content (AvgIpc) is 2.84.